The third kappa shape index (κ3) is 3.54. The Hall–Kier alpha value is -3.03. The number of carbonyl (C=O) groups is 2. The zero-order valence-electron chi connectivity index (χ0n) is 15.2. The molecule has 28 heavy (non-hydrogen) atoms. The molecule has 0 N–H and O–H groups in total. The van der Waals surface area contributed by atoms with Gasteiger partial charge in [-0.1, -0.05) is 6.07 Å². The molecule has 8 heteroatoms. The highest BCUT2D eigenvalue weighted by Crippen LogP contribution is 2.29. The molecule has 3 heterocycles. The number of benzene rings is 1. The van der Waals surface area contributed by atoms with Gasteiger partial charge in [-0.05, 0) is 24.3 Å². The van der Waals surface area contributed by atoms with E-state index in [1.165, 1.54) is 11.0 Å². The molecule has 2 saturated heterocycles. The molecule has 2 aromatic rings. The van der Waals surface area contributed by atoms with Crippen LogP contribution in [0, 0.1) is 17.6 Å². The molecule has 2 amide bonds. The summed E-state index contributed by atoms with van der Waals surface area (Å²) in [7, 11) is 0. The number of halogens is 2. The van der Waals surface area contributed by atoms with E-state index in [2.05, 4.69) is 9.88 Å². The summed E-state index contributed by atoms with van der Waals surface area (Å²) in [5, 5.41) is 0. The molecule has 4 rings (SSSR count). The van der Waals surface area contributed by atoms with Gasteiger partial charge in [-0.15, -0.1) is 0 Å². The Morgan fingerprint density at radius 1 is 1.07 bits per heavy atom. The largest absolute Gasteiger partial charge is 0.353 e. The number of hydrogen-bond donors (Lipinski definition) is 0. The summed E-state index contributed by atoms with van der Waals surface area (Å²) in [5.41, 5.74) is 0.0154. The summed E-state index contributed by atoms with van der Waals surface area (Å²) in [4.78, 5) is 34.6. The van der Waals surface area contributed by atoms with Crippen molar-refractivity contribution in [2.75, 3.05) is 42.5 Å². The Morgan fingerprint density at radius 3 is 2.54 bits per heavy atom. The quantitative estimate of drug-likeness (QED) is 0.810. The second kappa shape index (κ2) is 7.53. The van der Waals surface area contributed by atoms with Crippen molar-refractivity contribution in [1.29, 1.82) is 0 Å². The fourth-order valence-electron chi connectivity index (χ4n) is 3.76. The number of anilines is 2. The molecule has 1 aromatic heterocycles. The summed E-state index contributed by atoms with van der Waals surface area (Å²) in [6.45, 7) is 2.54. The molecule has 0 bridgehead atoms. The first kappa shape index (κ1) is 18.3. The molecular weight excluding hydrogens is 366 g/mol. The molecule has 6 nitrogen and oxygen atoms in total. The normalized spacial score (nSPS) is 20.0. The van der Waals surface area contributed by atoms with Gasteiger partial charge < -0.3 is 14.7 Å². The Bertz CT molecular complexity index is 885. The van der Waals surface area contributed by atoms with Gasteiger partial charge in [-0.3, -0.25) is 9.59 Å². The van der Waals surface area contributed by atoms with E-state index in [0.717, 1.165) is 18.0 Å². The lowest BCUT2D eigenvalue weighted by Gasteiger charge is -2.36. The van der Waals surface area contributed by atoms with Gasteiger partial charge in [0.05, 0.1) is 11.6 Å². The predicted molar refractivity (Wildman–Crippen MR) is 99.8 cm³/mol. The molecule has 2 fully saturated rings. The van der Waals surface area contributed by atoms with Crippen LogP contribution in [-0.4, -0.2) is 54.4 Å². The second-order valence-electron chi connectivity index (χ2n) is 7.00. The minimum absolute atomic E-state index is 0.0154. The molecule has 2 aliphatic rings. The third-order valence-electron chi connectivity index (χ3n) is 5.24. The zero-order chi connectivity index (χ0) is 19.7. The number of amides is 2. The Kier molecular flexibility index (Phi) is 4.93. The van der Waals surface area contributed by atoms with Gasteiger partial charge in [-0.25, -0.2) is 13.8 Å². The van der Waals surface area contributed by atoms with Crippen molar-refractivity contribution in [3.8, 4) is 0 Å². The number of rotatable bonds is 3. The number of carbonyl (C=O) groups excluding carboxylic acids is 2. The van der Waals surface area contributed by atoms with Crippen LogP contribution >= 0.6 is 0 Å². The lowest BCUT2D eigenvalue weighted by Crippen LogP contribution is -2.51. The molecular formula is C20H20F2N4O2. The van der Waals surface area contributed by atoms with Gasteiger partial charge >= 0.3 is 0 Å². The molecule has 1 atom stereocenters. The van der Waals surface area contributed by atoms with Gasteiger partial charge in [-0.2, -0.15) is 0 Å². The van der Waals surface area contributed by atoms with E-state index in [9.17, 15) is 18.4 Å². The van der Waals surface area contributed by atoms with E-state index in [4.69, 9.17) is 0 Å². The fraction of sp³-hybridized carbons (Fsp3) is 0.350. The first-order valence-corrected chi connectivity index (χ1v) is 9.23. The van der Waals surface area contributed by atoms with E-state index < -0.39 is 17.6 Å². The lowest BCUT2D eigenvalue weighted by atomic mass is 10.1. The second-order valence-corrected chi connectivity index (χ2v) is 7.00. The molecule has 0 radical (unpaired) electrons. The van der Waals surface area contributed by atoms with Crippen LogP contribution < -0.4 is 9.80 Å². The summed E-state index contributed by atoms with van der Waals surface area (Å²) >= 11 is 0. The Morgan fingerprint density at radius 2 is 1.86 bits per heavy atom. The van der Waals surface area contributed by atoms with Crippen LogP contribution in [0.25, 0.3) is 0 Å². The van der Waals surface area contributed by atoms with Crippen LogP contribution in [0.5, 0.6) is 0 Å². The first-order chi connectivity index (χ1) is 13.5. The summed E-state index contributed by atoms with van der Waals surface area (Å²) in [6, 6.07) is 8.80. The van der Waals surface area contributed by atoms with Crippen LogP contribution in [0.15, 0.2) is 42.6 Å². The van der Waals surface area contributed by atoms with Crippen LogP contribution in [0.2, 0.25) is 0 Å². The van der Waals surface area contributed by atoms with Crippen molar-refractivity contribution >= 4 is 23.3 Å². The van der Waals surface area contributed by atoms with E-state index in [1.807, 2.05) is 18.2 Å². The van der Waals surface area contributed by atoms with Crippen molar-refractivity contribution in [3.05, 3.63) is 54.2 Å². The molecule has 0 aliphatic carbocycles. The fourth-order valence-corrected chi connectivity index (χ4v) is 3.76. The van der Waals surface area contributed by atoms with Crippen molar-refractivity contribution in [2.24, 2.45) is 5.92 Å². The number of pyridine rings is 1. The SMILES string of the molecule is O=C(C1CC(=O)N(c2ccc(F)cc2F)C1)N1CCN(c2ccccn2)CC1. The molecule has 1 aromatic carbocycles. The van der Waals surface area contributed by atoms with E-state index >= 15 is 0 Å². The Labute approximate surface area is 161 Å². The first-order valence-electron chi connectivity index (χ1n) is 9.23. The number of hydrogen-bond acceptors (Lipinski definition) is 4. The van der Waals surface area contributed by atoms with Crippen molar-refractivity contribution in [2.45, 2.75) is 6.42 Å². The molecule has 146 valence electrons. The summed E-state index contributed by atoms with van der Waals surface area (Å²) in [6.07, 6.45) is 1.77. The van der Waals surface area contributed by atoms with E-state index in [0.29, 0.717) is 26.2 Å². The molecule has 1 unspecified atom stereocenters. The average Bonchev–Trinajstić information content (AvgIpc) is 3.10. The van der Waals surface area contributed by atoms with Gasteiger partial charge in [0.1, 0.15) is 17.5 Å². The van der Waals surface area contributed by atoms with Gasteiger partial charge in [0.2, 0.25) is 11.8 Å². The minimum atomic E-state index is -0.801. The molecule has 0 saturated carbocycles. The maximum atomic E-state index is 14.0. The zero-order valence-corrected chi connectivity index (χ0v) is 15.2. The molecule has 0 spiro atoms. The predicted octanol–water partition coefficient (Wildman–Crippen LogP) is 2.06. The number of piperazine rings is 1. The number of nitrogens with zero attached hydrogens (tertiary/aromatic N) is 4. The minimum Gasteiger partial charge on any atom is -0.353 e. The third-order valence-corrected chi connectivity index (χ3v) is 5.24. The lowest BCUT2D eigenvalue weighted by molar-refractivity contribution is -0.136. The van der Waals surface area contributed by atoms with E-state index in [-0.39, 0.29) is 30.5 Å². The summed E-state index contributed by atoms with van der Waals surface area (Å²) in [5.74, 6) is -1.56. The topological polar surface area (TPSA) is 56.8 Å². The maximum Gasteiger partial charge on any atom is 0.228 e. The van der Waals surface area contributed by atoms with Crippen LogP contribution in [-0.2, 0) is 9.59 Å². The average molecular weight is 386 g/mol. The van der Waals surface area contributed by atoms with Crippen LogP contribution in [0.3, 0.4) is 0 Å². The van der Waals surface area contributed by atoms with Gasteiger partial charge in [0, 0.05) is 51.4 Å². The van der Waals surface area contributed by atoms with Crippen molar-refractivity contribution in [3.63, 3.8) is 0 Å². The smallest absolute Gasteiger partial charge is 0.228 e. The van der Waals surface area contributed by atoms with Gasteiger partial charge in [0.15, 0.2) is 0 Å². The monoisotopic (exact) mass is 386 g/mol. The van der Waals surface area contributed by atoms with Crippen molar-refractivity contribution in [1.82, 2.24) is 9.88 Å². The molecule has 2 aliphatic heterocycles. The highest BCUT2D eigenvalue weighted by molar-refractivity contribution is 6.00. The van der Waals surface area contributed by atoms with Gasteiger partial charge in [0.25, 0.3) is 0 Å². The maximum absolute atomic E-state index is 14.0. The van der Waals surface area contributed by atoms with Crippen LogP contribution in [0.1, 0.15) is 6.42 Å². The highest BCUT2D eigenvalue weighted by atomic mass is 19.1. The summed E-state index contributed by atoms with van der Waals surface area (Å²) < 4.78 is 27.1. The standard InChI is InChI=1S/C20H20F2N4O2/c21-15-4-5-17(16(22)12-15)26-13-14(11-19(26)27)20(28)25-9-7-24(8-10-25)18-3-1-2-6-23-18/h1-6,12,14H,7-11,13H2. The van der Waals surface area contributed by atoms with Crippen LogP contribution in [0.4, 0.5) is 20.3 Å². The highest BCUT2D eigenvalue weighted by Gasteiger charge is 2.38. The van der Waals surface area contributed by atoms with Crippen molar-refractivity contribution < 1.29 is 18.4 Å². The Balaban J connectivity index is 1.39. The van der Waals surface area contributed by atoms with E-state index in [1.54, 1.807) is 11.1 Å². The number of aromatic nitrogens is 1.